The van der Waals surface area contributed by atoms with Gasteiger partial charge in [0.05, 0.1) is 12.7 Å². The molecule has 0 bridgehead atoms. The number of amides is 2. The molecule has 0 spiro atoms. The molecule has 0 radical (unpaired) electrons. The SMILES string of the molecule is O=C(O)N1CCN(C(=O)OCCOC2CCOCC2)CC1. The normalized spacial score (nSPS) is 20.4. The molecule has 0 aromatic carbocycles. The molecule has 8 nitrogen and oxygen atoms in total. The highest BCUT2D eigenvalue weighted by Crippen LogP contribution is 2.10. The molecule has 1 N–H and O–H groups in total. The van der Waals surface area contributed by atoms with Crippen molar-refractivity contribution in [1.82, 2.24) is 9.80 Å². The van der Waals surface area contributed by atoms with E-state index < -0.39 is 12.2 Å². The Morgan fingerprint density at radius 1 is 1.05 bits per heavy atom. The minimum absolute atomic E-state index is 0.191. The number of hydrogen-bond acceptors (Lipinski definition) is 5. The summed E-state index contributed by atoms with van der Waals surface area (Å²) in [5.74, 6) is 0. The Balaban J connectivity index is 1.56. The molecule has 0 unspecified atom stereocenters. The minimum Gasteiger partial charge on any atom is -0.465 e. The van der Waals surface area contributed by atoms with Gasteiger partial charge < -0.3 is 29.1 Å². The number of hydrogen-bond donors (Lipinski definition) is 1. The molecule has 0 atom stereocenters. The fourth-order valence-corrected chi connectivity index (χ4v) is 2.36. The molecule has 2 fully saturated rings. The van der Waals surface area contributed by atoms with Crippen molar-refractivity contribution >= 4 is 12.2 Å². The Hall–Kier alpha value is -1.54. The van der Waals surface area contributed by atoms with E-state index >= 15 is 0 Å². The fraction of sp³-hybridized carbons (Fsp3) is 0.846. The van der Waals surface area contributed by atoms with Crippen LogP contribution in [0.1, 0.15) is 12.8 Å². The Morgan fingerprint density at radius 3 is 2.29 bits per heavy atom. The van der Waals surface area contributed by atoms with E-state index in [9.17, 15) is 9.59 Å². The van der Waals surface area contributed by atoms with Crippen molar-refractivity contribution in [1.29, 1.82) is 0 Å². The van der Waals surface area contributed by atoms with Gasteiger partial charge in [0.2, 0.25) is 0 Å². The van der Waals surface area contributed by atoms with Crippen LogP contribution in [-0.4, -0.2) is 85.8 Å². The molecule has 0 aromatic heterocycles. The molecule has 2 rings (SSSR count). The molecule has 0 aliphatic carbocycles. The first kappa shape index (κ1) is 15.8. The summed E-state index contributed by atoms with van der Waals surface area (Å²) in [6, 6.07) is 0. The summed E-state index contributed by atoms with van der Waals surface area (Å²) in [5, 5.41) is 8.83. The van der Waals surface area contributed by atoms with Gasteiger partial charge in [-0.3, -0.25) is 0 Å². The van der Waals surface area contributed by atoms with Crippen LogP contribution < -0.4 is 0 Å². The number of ether oxygens (including phenoxy) is 3. The van der Waals surface area contributed by atoms with Gasteiger partial charge in [0.25, 0.3) is 0 Å². The van der Waals surface area contributed by atoms with Crippen molar-refractivity contribution in [3.05, 3.63) is 0 Å². The second kappa shape index (κ2) is 8.04. The van der Waals surface area contributed by atoms with Gasteiger partial charge >= 0.3 is 12.2 Å². The first-order chi connectivity index (χ1) is 10.2. The van der Waals surface area contributed by atoms with E-state index in [0.717, 1.165) is 26.1 Å². The Morgan fingerprint density at radius 2 is 1.67 bits per heavy atom. The second-order valence-corrected chi connectivity index (χ2v) is 5.05. The van der Waals surface area contributed by atoms with Crippen LogP contribution in [0.3, 0.4) is 0 Å². The van der Waals surface area contributed by atoms with Crippen LogP contribution in [0, 0.1) is 0 Å². The van der Waals surface area contributed by atoms with Gasteiger partial charge in [-0.25, -0.2) is 9.59 Å². The standard InChI is InChI=1S/C13H22N2O6/c16-12(17)14-3-5-15(6-4-14)13(18)21-10-9-20-11-1-7-19-8-2-11/h11H,1-10H2,(H,16,17). The molecule has 2 amide bonds. The first-order valence-corrected chi connectivity index (χ1v) is 7.26. The maximum absolute atomic E-state index is 11.8. The number of piperazine rings is 1. The molecule has 21 heavy (non-hydrogen) atoms. The Bertz CT molecular complexity index is 351. The topological polar surface area (TPSA) is 88.5 Å². The number of carbonyl (C=O) groups excluding carboxylic acids is 1. The van der Waals surface area contributed by atoms with Gasteiger partial charge in [0.1, 0.15) is 6.61 Å². The van der Waals surface area contributed by atoms with Crippen molar-refractivity contribution in [3.63, 3.8) is 0 Å². The van der Waals surface area contributed by atoms with Crippen LogP contribution in [0.15, 0.2) is 0 Å². The first-order valence-electron chi connectivity index (χ1n) is 7.26. The zero-order valence-corrected chi connectivity index (χ0v) is 12.0. The molecule has 2 aliphatic heterocycles. The highest BCUT2D eigenvalue weighted by Gasteiger charge is 2.24. The lowest BCUT2D eigenvalue weighted by Crippen LogP contribution is -2.50. The lowest BCUT2D eigenvalue weighted by Gasteiger charge is -2.32. The van der Waals surface area contributed by atoms with E-state index in [1.807, 2.05) is 0 Å². The summed E-state index contributed by atoms with van der Waals surface area (Å²) < 4.78 is 16.0. The Kier molecular flexibility index (Phi) is 6.06. The van der Waals surface area contributed by atoms with E-state index in [4.69, 9.17) is 19.3 Å². The minimum atomic E-state index is -0.951. The Labute approximate surface area is 123 Å². The van der Waals surface area contributed by atoms with Gasteiger partial charge in [-0.2, -0.15) is 0 Å². The molecule has 2 aliphatic rings. The molecule has 0 saturated carbocycles. The summed E-state index contributed by atoms with van der Waals surface area (Å²) >= 11 is 0. The third-order valence-corrected chi connectivity index (χ3v) is 3.64. The van der Waals surface area contributed by atoms with Crippen molar-refractivity contribution in [2.75, 3.05) is 52.6 Å². The van der Waals surface area contributed by atoms with Crippen molar-refractivity contribution in [2.24, 2.45) is 0 Å². The summed E-state index contributed by atoms with van der Waals surface area (Å²) in [6.07, 6.45) is 0.593. The van der Waals surface area contributed by atoms with E-state index in [1.54, 1.807) is 0 Å². The van der Waals surface area contributed by atoms with Gasteiger partial charge in [-0.1, -0.05) is 0 Å². The molecule has 0 aromatic rings. The molecule has 2 saturated heterocycles. The van der Waals surface area contributed by atoms with Crippen LogP contribution in [0.5, 0.6) is 0 Å². The highest BCUT2D eigenvalue weighted by atomic mass is 16.6. The van der Waals surface area contributed by atoms with Gasteiger partial charge in [0, 0.05) is 39.4 Å². The summed E-state index contributed by atoms with van der Waals surface area (Å²) in [5.41, 5.74) is 0. The lowest BCUT2D eigenvalue weighted by atomic mass is 10.2. The number of nitrogens with zero attached hydrogens (tertiary/aromatic N) is 2. The molecule has 120 valence electrons. The van der Waals surface area contributed by atoms with Crippen LogP contribution in [0.4, 0.5) is 9.59 Å². The third-order valence-electron chi connectivity index (χ3n) is 3.64. The van der Waals surface area contributed by atoms with Crippen LogP contribution in [-0.2, 0) is 14.2 Å². The van der Waals surface area contributed by atoms with Crippen molar-refractivity contribution in [2.45, 2.75) is 18.9 Å². The molecular weight excluding hydrogens is 280 g/mol. The average molecular weight is 302 g/mol. The maximum Gasteiger partial charge on any atom is 0.409 e. The fourth-order valence-electron chi connectivity index (χ4n) is 2.36. The van der Waals surface area contributed by atoms with Crippen molar-refractivity contribution in [3.8, 4) is 0 Å². The van der Waals surface area contributed by atoms with Gasteiger partial charge in [0.15, 0.2) is 0 Å². The predicted octanol–water partition coefficient (Wildman–Crippen LogP) is 0.614. The lowest BCUT2D eigenvalue weighted by molar-refractivity contribution is -0.0446. The van der Waals surface area contributed by atoms with Crippen molar-refractivity contribution < 1.29 is 28.9 Å². The predicted molar refractivity (Wildman–Crippen MR) is 72.3 cm³/mol. The van der Waals surface area contributed by atoms with E-state index in [-0.39, 0.29) is 12.7 Å². The van der Waals surface area contributed by atoms with E-state index in [0.29, 0.717) is 32.8 Å². The molecular formula is C13H22N2O6. The summed E-state index contributed by atoms with van der Waals surface area (Å²) in [4.78, 5) is 25.4. The summed E-state index contributed by atoms with van der Waals surface area (Å²) in [7, 11) is 0. The quantitative estimate of drug-likeness (QED) is 0.766. The zero-order chi connectivity index (χ0) is 15.1. The van der Waals surface area contributed by atoms with E-state index in [1.165, 1.54) is 9.80 Å². The van der Waals surface area contributed by atoms with Crippen LogP contribution >= 0.6 is 0 Å². The smallest absolute Gasteiger partial charge is 0.409 e. The summed E-state index contributed by atoms with van der Waals surface area (Å²) in [6.45, 7) is 3.42. The third kappa shape index (κ3) is 5.05. The molecule has 2 heterocycles. The number of carboxylic acid groups (broad SMARTS) is 1. The van der Waals surface area contributed by atoms with Crippen LogP contribution in [0.2, 0.25) is 0 Å². The highest BCUT2D eigenvalue weighted by molar-refractivity contribution is 5.69. The largest absolute Gasteiger partial charge is 0.465 e. The maximum atomic E-state index is 11.8. The average Bonchev–Trinajstić information content (AvgIpc) is 2.52. The molecule has 8 heteroatoms. The number of rotatable bonds is 4. The zero-order valence-electron chi connectivity index (χ0n) is 12.0. The second-order valence-electron chi connectivity index (χ2n) is 5.05. The van der Waals surface area contributed by atoms with Gasteiger partial charge in [-0.15, -0.1) is 0 Å². The van der Waals surface area contributed by atoms with Gasteiger partial charge in [-0.05, 0) is 12.8 Å². The number of carbonyl (C=O) groups is 2. The van der Waals surface area contributed by atoms with E-state index in [2.05, 4.69) is 0 Å². The van der Waals surface area contributed by atoms with Crippen LogP contribution in [0.25, 0.3) is 0 Å². The monoisotopic (exact) mass is 302 g/mol.